The predicted octanol–water partition coefficient (Wildman–Crippen LogP) is 5.52. The van der Waals surface area contributed by atoms with Crippen molar-refractivity contribution in [3.05, 3.63) is 82.9 Å². The van der Waals surface area contributed by atoms with Gasteiger partial charge in [0, 0.05) is 50.4 Å². The molecule has 4 rings (SSSR count). The number of ether oxygens (including phenoxy) is 1. The normalized spacial score (nSPS) is 17.3. The van der Waals surface area contributed by atoms with E-state index in [1.807, 2.05) is 12.1 Å². The number of nitrogens with one attached hydrogen (secondary N) is 3. The zero-order valence-corrected chi connectivity index (χ0v) is 30.8. The lowest BCUT2D eigenvalue weighted by atomic mass is 9.88. The number of aliphatic hydroxyl groups is 1. The Morgan fingerprint density at radius 1 is 1.08 bits per heavy atom. The summed E-state index contributed by atoms with van der Waals surface area (Å²) in [4.78, 5) is 18.3. The number of hydrogen-bond acceptors (Lipinski definition) is 8. The largest absolute Gasteiger partial charge is 0.491 e. The van der Waals surface area contributed by atoms with Crippen LogP contribution in [-0.4, -0.2) is 68.6 Å². The van der Waals surface area contributed by atoms with E-state index >= 15 is 0 Å². The fraction of sp³-hybridized carbons (Fsp3) is 0.514. The van der Waals surface area contributed by atoms with Gasteiger partial charge in [0.2, 0.25) is 10.0 Å². The average Bonchev–Trinajstić information content (AvgIpc) is 3.74. The third-order valence-electron chi connectivity index (χ3n) is 8.65. The average molecular weight is 716 g/mol. The smallest absolute Gasteiger partial charge is 0.251 e. The molecule has 1 aliphatic carbocycles. The van der Waals surface area contributed by atoms with Crippen molar-refractivity contribution >= 4 is 27.6 Å². The van der Waals surface area contributed by atoms with E-state index in [0.29, 0.717) is 36.8 Å². The summed E-state index contributed by atoms with van der Waals surface area (Å²) >= 11 is 0. The second-order valence-corrected chi connectivity index (χ2v) is 17.3. The fourth-order valence-electron chi connectivity index (χ4n) is 5.53. The lowest BCUT2D eigenvalue weighted by Crippen LogP contribution is -2.50. The summed E-state index contributed by atoms with van der Waals surface area (Å²) in [6, 6.07) is 12.8. The summed E-state index contributed by atoms with van der Waals surface area (Å²) in [5.74, 6) is -0.998. The molecule has 3 aromatic rings. The molecule has 4 unspecified atom stereocenters. The Morgan fingerprint density at radius 2 is 1.74 bits per heavy atom. The van der Waals surface area contributed by atoms with E-state index in [1.54, 1.807) is 13.8 Å². The van der Waals surface area contributed by atoms with Gasteiger partial charge < -0.3 is 25.8 Å². The van der Waals surface area contributed by atoms with Gasteiger partial charge in [0.15, 0.2) is 0 Å². The quantitative estimate of drug-likeness (QED) is 0.144. The molecule has 50 heavy (non-hydrogen) atoms. The van der Waals surface area contributed by atoms with E-state index in [9.17, 15) is 27.1 Å². The molecule has 1 aliphatic rings. The highest BCUT2D eigenvalue weighted by Gasteiger charge is 2.32. The van der Waals surface area contributed by atoms with E-state index in [-0.39, 0.29) is 35.7 Å². The molecule has 0 aliphatic heterocycles. The molecular formula is C37H51F2N5O5S. The third kappa shape index (κ3) is 11.4. The second-order valence-electron chi connectivity index (χ2n) is 14.8. The van der Waals surface area contributed by atoms with Crippen LogP contribution in [0.4, 0.5) is 20.4 Å². The maximum absolute atomic E-state index is 13.9. The van der Waals surface area contributed by atoms with Crippen molar-refractivity contribution in [2.75, 3.05) is 36.4 Å². The van der Waals surface area contributed by atoms with Crippen LogP contribution in [0.25, 0.3) is 0 Å². The van der Waals surface area contributed by atoms with Crippen molar-refractivity contribution in [2.24, 2.45) is 17.3 Å². The highest BCUT2D eigenvalue weighted by Crippen LogP contribution is 2.37. The summed E-state index contributed by atoms with van der Waals surface area (Å²) in [5.41, 5.74) is 2.45. The first-order chi connectivity index (χ1) is 23.4. The lowest BCUT2D eigenvalue weighted by Gasteiger charge is -2.26. The van der Waals surface area contributed by atoms with Crippen LogP contribution < -0.4 is 25.0 Å². The molecule has 0 bridgehead atoms. The third-order valence-corrected chi connectivity index (χ3v) is 10.8. The maximum Gasteiger partial charge on any atom is 0.251 e. The SMILES string of the molecule is CC1CC1CNc1cc(C(=O)NC(COc2cc(F)cc(F)c2)C(O)CNCc2cccc(CC(C)(C)C)c2)cc(N(C)S(=O)(=O)C(C)C)n1. The van der Waals surface area contributed by atoms with Crippen LogP contribution in [0.15, 0.2) is 54.6 Å². The van der Waals surface area contributed by atoms with Gasteiger partial charge in [-0.2, -0.15) is 0 Å². The Morgan fingerprint density at radius 3 is 2.36 bits per heavy atom. The molecule has 1 aromatic heterocycles. The van der Waals surface area contributed by atoms with Crippen molar-refractivity contribution < 1.29 is 31.8 Å². The number of rotatable bonds is 17. The first-order valence-corrected chi connectivity index (χ1v) is 18.5. The van der Waals surface area contributed by atoms with Gasteiger partial charge in [-0.15, -0.1) is 0 Å². The van der Waals surface area contributed by atoms with Crippen LogP contribution in [0.3, 0.4) is 0 Å². The molecule has 1 heterocycles. The highest BCUT2D eigenvalue weighted by molar-refractivity contribution is 7.93. The molecule has 1 amide bonds. The first kappa shape index (κ1) is 39.0. The van der Waals surface area contributed by atoms with Gasteiger partial charge in [0.05, 0.1) is 17.4 Å². The minimum Gasteiger partial charge on any atom is -0.491 e. The number of anilines is 2. The van der Waals surface area contributed by atoms with Crippen molar-refractivity contribution in [2.45, 2.75) is 78.3 Å². The van der Waals surface area contributed by atoms with Gasteiger partial charge in [-0.1, -0.05) is 52.0 Å². The van der Waals surface area contributed by atoms with Gasteiger partial charge in [-0.25, -0.2) is 22.2 Å². The van der Waals surface area contributed by atoms with Gasteiger partial charge >= 0.3 is 0 Å². The molecule has 4 N–H and O–H groups in total. The number of amides is 1. The number of nitrogens with zero attached hydrogens (tertiary/aromatic N) is 2. The zero-order valence-electron chi connectivity index (χ0n) is 30.0. The number of sulfonamides is 1. The summed E-state index contributed by atoms with van der Waals surface area (Å²) in [5, 5.41) is 19.8. The fourth-order valence-corrected chi connectivity index (χ4v) is 6.52. The van der Waals surface area contributed by atoms with Crippen LogP contribution in [0.1, 0.15) is 69.4 Å². The number of halogens is 2. The minimum atomic E-state index is -3.76. The molecule has 0 radical (unpaired) electrons. The minimum absolute atomic E-state index is 0.0524. The van der Waals surface area contributed by atoms with Crippen molar-refractivity contribution in [1.82, 2.24) is 15.6 Å². The summed E-state index contributed by atoms with van der Waals surface area (Å²) < 4.78 is 60.5. The van der Waals surface area contributed by atoms with E-state index in [0.717, 1.165) is 34.8 Å². The van der Waals surface area contributed by atoms with E-state index in [1.165, 1.54) is 24.7 Å². The molecular weight excluding hydrogens is 665 g/mol. The van der Waals surface area contributed by atoms with Crippen molar-refractivity contribution in [1.29, 1.82) is 0 Å². The molecule has 1 saturated carbocycles. The summed E-state index contributed by atoms with van der Waals surface area (Å²) in [7, 11) is -2.38. The number of pyridine rings is 1. The zero-order chi connectivity index (χ0) is 36.8. The molecule has 274 valence electrons. The molecule has 2 aromatic carbocycles. The van der Waals surface area contributed by atoms with E-state index < -0.39 is 45.0 Å². The molecule has 1 fully saturated rings. The van der Waals surface area contributed by atoms with Crippen LogP contribution >= 0.6 is 0 Å². The van der Waals surface area contributed by atoms with Crippen LogP contribution in [0, 0.1) is 28.9 Å². The Labute approximate surface area is 295 Å². The Balaban J connectivity index is 1.54. The lowest BCUT2D eigenvalue weighted by molar-refractivity contribution is 0.0732. The Hall–Kier alpha value is -3.81. The van der Waals surface area contributed by atoms with E-state index in [2.05, 4.69) is 60.8 Å². The van der Waals surface area contributed by atoms with Gasteiger partial charge in [0.1, 0.15) is 35.6 Å². The number of aromatic nitrogens is 1. The number of aliphatic hydroxyl groups excluding tert-OH is 1. The van der Waals surface area contributed by atoms with Crippen LogP contribution in [0.2, 0.25) is 0 Å². The van der Waals surface area contributed by atoms with Gasteiger partial charge in [-0.05, 0) is 67.2 Å². The molecule has 13 heteroatoms. The molecule has 4 atom stereocenters. The van der Waals surface area contributed by atoms with Crippen molar-refractivity contribution in [3.63, 3.8) is 0 Å². The topological polar surface area (TPSA) is 133 Å². The molecule has 10 nitrogen and oxygen atoms in total. The second kappa shape index (κ2) is 16.5. The highest BCUT2D eigenvalue weighted by atomic mass is 32.2. The van der Waals surface area contributed by atoms with Gasteiger partial charge in [0.25, 0.3) is 5.91 Å². The van der Waals surface area contributed by atoms with Crippen LogP contribution in [0.5, 0.6) is 5.75 Å². The monoisotopic (exact) mass is 715 g/mol. The number of hydrogen-bond donors (Lipinski definition) is 4. The van der Waals surface area contributed by atoms with Gasteiger partial charge in [-0.3, -0.25) is 9.10 Å². The number of benzene rings is 2. The number of carbonyl (C=O) groups excluding carboxylic acids is 1. The van der Waals surface area contributed by atoms with Crippen LogP contribution in [-0.2, 0) is 23.0 Å². The molecule has 0 saturated heterocycles. The maximum atomic E-state index is 13.9. The predicted molar refractivity (Wildman–Crippen MR) is 193 cm³/mol. The Kier molecular flexibility index (Phi) is 12.8. The summed E-state index contributed by atoms with van der Waals surface area (Å²) in [6.45, 7) is 12.6. The van der Waals surface area contributed by atoms with Crippen molar-refractivity contribution in [3.8, 4) is 5.75 Å². The van der Waals surface area contributed by atoms with E-state index in [4.69, 9.17) is 4.74 Å². The number of carbonyl (C=O) groups is 1. The molecule has 0 spiro atoms. The Bertz CT molecular complexity index is 1710. The first-order valence-electron chi connectivity index (χ1n) is 17.0. The summed E-state index contributed by atoms with van der Waals surface area (Å²) in [6.07, 6.45) is 0.782. The standard InChI is InChI=1S/C37H51F2N5O5S/c1-23(2)50(47,48)44(7)35-14-27(13-34(43-35)41-20-28-11-24(28)3)36(46)42-32(22-49-31-16-29(38)15-30(39)17-31)33(45)21-40-19-26-10-8-9-25(12-26)18-37(4,5)6/h8-10,12-17,23-24,28,32-33,40,45H,11,18-22H2,1-7H3,(H,41,43)(H,42,46).